The van der Waals surface area contributed by atoms with Crippen LogP contribution in [-0.4, -0.2) is 25.2 Å². The number of halogens is 1. The summed E-state index contributed by atoms with van der Waals surface area (Å²) in [7, 11) is 2.82. The molecule has 0 N–H and O–H groups in total. The van der Waals surface area contributed by atoms with Crippen molar-refractivity contribution in [1.29, 1.82) is 0 Å². The first-order chi connectivity index (χ1) is 9.15. The number of carbonyl (C=O) groups excluding carboxylic acids is 1. The highest BCUT2D eigenvalue weighted by atomic mass is 35.5. The first kappa shape index (κ1) is 13.6. The van der Waals surface area contributed by atoms with E-state index in [9.17, 15) is 4.79 Å². The highest BCUT2D eigenvalue weighted by Gasteiger charge is 2.19. The fraction of sp³-hybridized carbons (Fsp3) is 0.167. The quantitative estimate of drug-likeness (QED) is 0.810. The summed E-state index contributed by atoms with van der Waals surface area (Å²) in [5.41, 5.74) is 0. The molecule has 1 aromatic carbocycles. The van der Waals surface area contributed by atoms with Gasteiger partial charge in [0.05, 0.1) is 14.2 Å². The van der Waals surface area contributed by atoms with Crippen LogP contribution in [0.15, 0.2) is 24.3 Å². The lowest BCUT2D eigenvalue weighted by molar-refractivity contribution is 0.0606. The molecule has 1 heterocycles. The number of rotatable bonds is 4. The molecule has 0 radical (unpaired) electrons. The van der Waals surface area contributed by atoms with Crippen LogP contribution in [0.4, 0.5) is 0 Å². The Morgan fingerprint density at radius 2 is 1.95 bits per heavy atom. The van der Waals surface area contributed by atoms with Gasteiger partial charge in [0.15, 0.2) is 21.5 Å². The zero-order valence-corrected chi connectivity index (χ0v) is 11.7. The molecular weight excluding hydrogens is 290 g/mol. The highest BCUT2D eigenvalue weighted by molar-refractivity contribution is 7.15. The molecule has 0 aliphatic heterocycles. The number of hydrogen-bond acceptors (Lipinski definition) is 6. The Kier molecular flexibility index (Phi) is 4.24. The molecule has 0 amide bonds. The maximum absolute atomic E-state index is 11.4. The van der Waals surface area contributed by atoms with Crippen molar-refractivity contribution < 1.29 is 19.0 Å². The lowest BCUT2D eigenvalue weighted by atomic mass is 10.3. The zero-order chi connectivity index (χ0) is 13.8. The standard InChI is InChI=1S/C12H10ClNO4S/c1-16-7-5-3-4-6-8(7)18-12-14-10(13)9(19-12)11(15)17-2/h3-6H,1-2H3. The van der Waals surface area contributed by atoms with E-state index < -0.39 is 5.97 Å². The van der Waals surface area contributed by atoms with E-state index in [0.717, 1.165) is 11.3 Å². The van der Waals surface area contributed by atoms with Crippen LogP contribution in [-0.2, 0) is 4.74 Å². The molecule has 0 saturated heterocycles. The Morgan fingerprint density at radius 3 is 2.58 bits per heavy atom. The number of para-hydroxylation sites is 2. The minimum atomic E-state index is -0.544. The van der Waals surface area contributed by atoms with Gasteiger partial charge in [-0.2, -0.15) is 4.98 Å². The van der Waals surface area contributed by atoms with E-state index in [1.54, 1.807) is 18.2 Å². The van der Waals surface area contributed by atoms with Crippen molar-refractivity contribution in [2.75, 3.05) is 14.2 Å². The normalized spacial score (nSPS) is 10.1. The van der Waals surface area contributed by atoms with Crippen molar-refractivity contribution >= 4 is 28.9 Å². The van der Waals surface area contributed by atoms with Gasteiger partial charge in [-0.3, -0.25) is 0 Å². The molecule has 0 unspecified atom stereocenters. The maximum atomic E-state index is 11.4. The van der Waals surface area contributed by atoms with Crippen molar-refractivity contribution in [1.82, 2.24) is 4.98 Å². The topological polar surface area (TPSA) is 57.7 Å². The van der Waals surface area contributed by atoms with Gasteiger partial charge in [-0.05, 0) is 12.1 Å². The summed E-state index contributed by atoms with van der Waals surface area (Å²) < 4.78 is 15.3. The molecule has 100 valence electrons. The predicted molar refractivity (Wildman–Crippen MR) is 71.5 cm³/mol. The Hall–Kier alpha value is -1.79. The van der Waals surface area contributed by atoms with Crippen molar-refractivity contribution in [3.8, 4) is 16.7 Å². The third kappa shape index (κ3) is 2.97. The van der Waals surface area contributed by atoms with E-state index in [1.165, 1.54) is 14.2 Å². The van der Waals surface area contributed by atoms with Gasteiger partial charge in [-0.15, -0.1) is 0 Å². The third-order valence-electron chi connectivity index (χ3n) is 2.20. The molecule has 0 saturated carbocycles. The van der Waals surface area contributed by atoms with Gasteiger partial charge in [-0.1, -0.05) is 35.1 Å². The number of nitrogens with zero attached hydrogens (tertiary/aromatic N) is 1. The Morgan fingerprint density at radius 1 is 1.26 bits per heavy atom. The second-order valence-electron chi connectivity index (χ2n) is 3.34. The van der Waals surface area contributed by atoms with Crippen LogP contribution in [0.2, 0.25) is 5.15 Å². The second-order valence-corrected chi connectivity index (χ2v) is 4.66. The lowest BCUT2D eigenvalue weighted by Gasteiger charge is -2.06. The smallest absolute Gasteiger partial charge is 0.351 e. The van der Waals surface area contributed by atoms with E-state index in [1.807, 2.05) is 6.07 Å². The van der Waals surface area contributed by atoms with Crippen molar-refractivity contribution in [2.45, 2.75) is 0 Å². The van der Waals surface area contributed by atoms with Crippen LogP contribution in [0.3, 0.4) is 0 Å². The number of ether oxygens (including phenoxy) is 3. The second kappa shape index (κ2) is 5.90. The third-order valence-corrected chi connectivity index (χ3v) is 3.50. The van der Waals surface area contributed by atoms with Gasteiger partial charge in [0.2, 0.25) is 0 Å². The van der Waals surface area contributed by atoms with Crippen LogP contribution < -0.4 is 9.47 Å². The zero-order valence-electron chi connectivity index (χ0n) is 10.2. The summed E-state index contributed by atoms with van der Waals surface area (Å²) in [4.78, 5) is 15.6. The largest absolute Gasteiger partial charge is 0.493 e. The van der Waals surface area contributed by atoms with Crippen LogP contribution in [0.25, 0.3) is 0 Å². The number of methoxy groups -OCH3 is 2. The Bertz CT molecular complexity index is 599. The fourth-order valence-electron chi connectivity index (χ4n) is 1.34. The van der Waals surface area contributed by atoms with Crippen LogP contribution >= 0.6 is 22.9 Å². The maximum Gasteiger partial charge on any atom is 0.351 e. The average Bonchev–Trinajstić information content (AvgIpc) is 2.79. The monoisotopic (exact) mass is 299 g/mol. The average molecular weight is 300 g/mol. The lowest BCUT2D eigenvalue weighted by Crippen LogP contribution is -1.98. The first-order valence-electron chi connectivity index (χ1n) is 5.21. The summed E-state index contributed by atoms with van der Waals surface area (Å²) in [5.74, 6) is 0.512. The number of aromatic nitrogens is 1. The van der Waals surface area contributed by atoms with Gasteiger partial charge in [0.25, 0.3) is 5.19 Å². The van der Waals surface area contributed by atoms with Crippen LogP contribution in [0, 0.1) is 0 Å². The van der Waals surface area contributed by atoms with Gasteiger partial charge < -0.3 is 14.2 Å². The molecule has 2 aromatic rings. The molecule has 19 heavy (non-hydrogen) atoms. The summed E-state index contributed by atoms with van der Waals surface area (Å²) in [6.45, 7) is 0. The van der Waals surface area contributed by atoms with Crippen LogP contribution in [0.1, 0.15) is 9.67 Å². The summed E-state index contributed by atoms with van der Waals surface area (Å²) in [6, 6.07) is 7.10. The van der Waals surface area contributed by atoms with Crippen molar-refractivity contribution in [3.05, 3.63) is 34.3 Å². The van der Waals surface area contributed by atoms with Crippen molar-refractivity contribution in [3.63, 3.8) is 0 Å². The Labute approximate surface area is 118 Å². The summed E-state index contributed by atoms with van der Waals surface area (Å²) in [6.07, 6.45) is 0. The molecular formula is C12H10ClNO4S. The highest BCUT2D eigenvalue weighted by Crippen LogP contribution is 2.36. The van der Waals surface area contributed by atoms with E-state index in [2.05, 4.69) is 9.72 Å². The number of carbonyl (C=O) groups is 1. The molecule has 0 spiro atoms. The molecule has 7 heteroatoms. The molecule has 0 aliphatic rings. The summed E-state index contributed by atoms with van der Waals surface area (Å²) >= 11 is 6.86. The number of benzene rings is 1. The molecule has 5 nitrogen and oxygen atoms in total. The molecule has 2 rings (SSSR count). The first-order valence-corrected chi connectivity index (χ1v) is 6.40. The van der Waals surface area contributed by atoms with Gasteiger partial charge in [0.1, 0.15) is 0 Å². The van der Waals surface area contributed by atoms with E-state index in [-0.39, 0.29) is 15.2 Å². The Balaban J connectivity index is 2.27. The van der Waals surface area contributed by atoms with Crippen LogP contribution in [0.5, 0.6) is 16.7 Å². The fourth-order valence-corrected chi connectivity index (χ4v) is 2.40. The number of esters is 1. The summed E-state index contributed by atoms with van der Waals surface area (Å²) in [5, 5.41) is 0.302. The van der Waals surface area contributed by atoms with Gasteiger partial charge >= 0.3 is 5.97 Å². The molecule has 0 fully saturated rings. The SMILES string of the molecule is COC(=O)c1sc(Oc2ccccc2OC)nc1Cl. The van der Waals surface area contributed by atoms with Gasteiger partial charge in [-0.25, -0.2) is 4.79 Å². The minimum absolute atomic E-state index is 0.0572. The molecule has 0 aliphatic carbocycles. The molecule has 0 bridgehead atoms. The minimum Gasteiger partial charge on any atom is -0.493 e. The van der Waals surface area contributed by atoms with Gasteiger partial charge in [0, 0.05) is 0 Å². The van der Waals surface area contributed by atoms with E-state index in [4.69, 9.17) is 21.1 Å². The molecule has 1 aromatic heterocycles. The predicted octanol–water partition coefficient (Wildman–Crippen LogP) is 3.38. The number of thiazole rings is 1. The van der Waals surface area contributed by atoms with E-state index >= 15 is 0 Å². The van der Waals surface area contributed by atoms with Crippen molar-refractivity contribution in [2.24, 2.45) is 0 Å². The van der Waals surface area contributed by atoms with E-state index in [0.29, 0.717) is 11.5 Å². The number of hydrogen-bond donors (Lipinski definition) is 0. The molecule has 0 atom stereocenters.